The lowest BCUT2D eigenvalue weighted by atomic mass is 10.2. The topological polar surface area (TPSA) is 50.3 Å². The molecule has 2 N–H and O–H groups in total. The van der Waals surface area contributed by atoms with E-state index in [0.717, 1.165) is 50.9 Å². The Labute approximate surface area is 115 Å². The van der Waals surface area contributed by atoms with Crippen molar-refractivity contribution in [2.45, 2.75) is 32.4 Å². The first kappa shape index (κ1) is 12.9. The average molecular weight is 263 g/mol. The van der Waals surface area contributed by atoms with Crippen LogP contribution in [0.4, 0.5) is 5.69 Å². The predicted octanol–water partition coefficient (Wildman–Crippen LogP) is 1.01. The SMILES string of the molecule is CN1CCN(Cc2c(N)cnn2CCC2CC2)CC1. The molecular weight excluding hydrogens is 238 g/mol. The summed E-state index contributed by atoms with van der Waals surface area (Å²) in [5.41, 5.74) is 8.16. The molecule has 1 aromatic heterocycles. The molecule has 1 aliphatic carbocycles. The molecule has 0 spiro atoms. The fourth-order valence-corrected chi connectivity index (χ4v) is 2.72. The molecule has 19 heavy (non-hydrogen) atoms. The van der Waals surface area contributed by atoms with Crippen molar-refractivity contribution in [3.63, 3.8) is 0 Å². The number of anilines is 1. The lowest BCUT2D eigenvalue weighted by Gasteiger charge is -2.32. The van der Waals surface area contributed by atoms with Crippen molar-refractivity contribution >= 4 is 5.69 Å². The Morgan fingerprint density at radius 3 is 2.68 bits per heavy atom. The third-order valence-corrected chi connectivity index (χ3v) is 4.40. The number of nitrogen functional groups attached to an aromatic ring is 1. The molecule has 2 aliphatic rings. The second-order valence-corrected chi connectivity index (χ2v) is 6.08. The molecular formula is C14H25N5. The van der Waals surface area contributed by atoms with Gasteiger partial charge < -0.3 is 10.6 Å². The van der Waals surface area contributed by atoms with Crippen LogP contribution in [0.3, 0.4) is 0 Å². The van der Waals surface area contributed by atoms with Crippen molar-refractivity contribution in [1.29, 1.82) is 0 Å². The number of hydrogen-bond acceptors (Lipinski definition) is 4. The maximum Gasteiger partial charge on any atom is 0.0753 e. The Hall–Kier alpha value is -1.07. The van der Waals surface area contributed by atoms with Crippen LogP contribution in [-0.4, -0.2) is 52.8 Å². The second kappa shape index (κ2) is 5.51. The van der Waals surface area contributed by atoms with E-state index in [0.29, 0.717) is 0 Å². The highest BCUT2D eigenvalue weighted by molar-refractivity contribution is 5.40. The quantitative estimate of drug-likeness (QED) is 0.861. The van der Waals surface area contributed by atoms with E-state index in [4.69, 9.17) is 5.73 Å². The second-order valence-electron chi connectivity index (χ2n) is 6.08. The van der Waals surface area contributed by atoms with Crippen LogP contribution >= 0.6 is 0 Å². The van der Waals surface area contributed by atoms with Crippen molar-refractivity contribution < 1.29 is 0 Å². The first-order valence-electron chi connectivity index (χ1n) is 7.43. The maximum atomic E-state index is 6.09. The van der Waals surface area contributed by atoms with Gasteiger partial charge in [-0.2, -0.15) is 5.10 Å². The maximum absolute atomic E-state index is 6.09. The first-order valence-corrected chi connectivity index (χ1v) is 7.43. The summed E-state index contributed by atoms with van der Waals surface area (Å²) < 4.78 is 2.13. The summed E-state index contributed by atoms with van der Waals surface area (Å²) in [5, 5.41) is 4.45. The zero-order chi connectivity index (χ0) is 13.2. The summed E-state index contributed by atoms with van der Waals surface area (Å²) in [6, 6.07) is 0. The van der Waals surface area contributed by atoms with Gasteiger partial charge in [-0.15, -0.1) is 0 Å². The zero-order valence-corrected chi connectivity index (χ0v) is 11.9. The van der Waals surface area contributed by atoms with Crippen molar-refractivity contribution in [2.75, 3.05) is 39.0 Å². The summed E-state index contributed by atoms with van der Waals surface area (Å²) >= 11 is 0. The Morgan fingerprint density at radius 1 is 1.26 bits per heavy atom. The van der Waals surface area contributed by atoms with Crippen LogP contribution in [0.15, 0.2) is 6.20 Å². The standard InChI is InChI=1S/C14H25N5/c1-17-6-8-18(9-7-17)11-14-13(15)10-16-19(14)5-4-12-2-3-12/h10,12H,2-9,11,15H2,1H3. The van der Waals surface area contributed by atoms with Crippen LogP contribution < -0.4 is 5.73 Å². The number of nitrogens with zero attached hydrogens (tertiary/aromatic N) is 4. The predicted molar refractivity (Wildman–Crippen MR) is 76.8 cm³/mol. The number of rotatable bonds is 5. The van der Waals surface area contributed by atoms with Crippen LogP contribution in [0.25, 0.3) is 0 Å². The van der Waals surface area contributed by atoms with Gasteiger partial charge in [-0.25, -0.2) is 0 Å². The molecule has 0 bridgehead atoms. The number of aromatic nitrogens is 2. The fourth-order valence-electron chi connectivity index (χ4n) is 2.72. The van der Waals surface area contributed by atoms with E-state index in [1.54, 1.807) is 0 Å². The lowest BCUT2D eigenvalue weighted by molar-refractivity contribution is 0.145. The van der Waals surface area contributed by atoms with Crippen LogP contribution in [0, 0.1) is 5.92 Å². The normalized spacial score (nSPS) is 21.9. The van der Waals surface area contributed by atoms with Gasteiger partial charge in [0.25, 0.3) is 0 Å². The van der Waals surface area contributed by atoms with Crippen molar-refractivity contribution in [3.8, 4) is 0 Å². The number of aryl methyl sites for hydroxylation is 1. The van der Waals surface area contributed by atoms with Crippen LogP contribution in [0.5, 0.6) is 0 Å². The number of likely N-dealkylation sites (N-methyl/N-ethyl adjacent to an activating group) is 1. The van der Waals surface area contributed by atoms with E-state index < -0.39 is 0 Å². The van der Waals surface area contributed by atoms with Crippen LogP contribution in [-0.2, 0) is 13.1 Å². The summed E-state index contributed by atoms with van der Waals surface area (Å²) in [5.74, 6) is 0.946. The van der Waals surface area contributed by atoms with E-state index in [-0.39, 0.29) is 0 Å². The van der Waals surface area contributed by atoms with Crippen LogP contribution in [0.1, 0.15) is 25.0 Å². The Morgan fingerprint density at radius 2 is 2.00 bits per heavy atom. The molecule has 2 fully saturated rings. The van der Waals surface area contributed by atoms with Crippen LogP contribution in [0.2, 0.25) is 0 Å². The molecule has 3 rings (SSSR count). The monoisotopic (exact) mass is 263 g/mol. The molecule has 0 atom stereocenters. The molecule has 1 aromatic rings. The highest BCUT2D eigenvalue weighted by Gasteiger charge is 2.22. The van der Waals surface area contributed by atoms with Gasteiger partial charge in [-0.05, 0) is 19.4 Å². The third-order valence-electron chi connectivity index (χ3n) is 4.40. The highest BCUT2D eigenvalue weighted by atomic mass is 15.3. The van der Waals surface area contributed by atoms with Crippen molar-refractivity contribution in [1.82, 2.24) is 19.6 Å². The Balaban J connectivity index is 1.60. The number of nitrogens with two attached hydrogens (primary N) is 1. The average Bonchev–Trinajstić information content (AvgIpc) is 3.17. The van der Waals surface area contributed by atoms with E-state index >= 15 is 0 Å². The van der Waals surface area contributed by atoms with Gasteiger partial charge in [0, 0.05) is 39.3 Å². The molecule has 5 nitrogen and oxygen atoms in total. The minimum atomic E-state index is 0.856. The first-order chi connectivity index (χ1) is 9.22. The van der Waals surface area contributed by atoms with E-state index in [1.807, 2.05) is 6.20 Å². The smallest absolute Gasteiger partial charge is 0.0753 e. The summed E-state index contributed by atoms with van der Waals surface area (Å²) in [6.07, 6.45) is 5.89. The van der Waals surface area contributed by atoms with Gasteiger partial charge in [-0.1, -0.05) is 12.8 Å². The minimum Gasteiger partial charge on any atom is -0.396 e. The molecule has 0 radical (unpaired) electrons. The number of hydrogen-bond donors (Lipinski definition) is 1. The lowest BCUT2D eigenvalue weighted by Crippen LogP contribution is -2.44. The van der Waals surface area contributed by atoms with E-state index in [9.17, 15) is 0 Å². The molecule has 1 saturated heterocycles. The minimum absolute atomic E-state index is 0.856. The molecule has 0 aromatic carbocycles. The van der Waals surface area contributed by atoms with Gasteiger partial charge in [0.1, 0.15) is 0 Å². The number of piperazine rings is 1. The van der Waals surface area contributed by atoms with Gasteiger partial charge >= 0.3 is 0 Å². The molecule has 2 heterocycles. The molecule has 1 aliphatic heterocycles. The van der Waals surface area contributed by atoms with E-state index in [2.05, 4.69) is 26.6 Å². The molecule has 0 unspecified atom stereocenters. The molecule has 0 amide bonds. The zero-order valence-electron chi connectivity index (χ0n) is 11.9. The molecule has 5 heteroatoms. The van der Waals surface area contributed by atoms with Gasteiger partial charge in [0.15, 0.2) is 0 Å². The Bertz CT molecular complexity index is 415. The molecule has 106 valence electrons. The molecule has 1 saturated carbocycles. The van der Waals surface area contributed by atoms with Gasteiger partial charge in [-0.3, -0.25) is 9.58 Å². The fraction of sp³-hybridized carbons (Fsp3) is 0.786. The van der Waals surface area contributed by atoms with Gasteiger partial charge in [0.05, 0.1) is 17.6 Å². The summed E-state index contributed by atoms with van der Waals surface area (Å²) in [6.45, 7) is 6.54. The van der Waals surface area contributed by atoms with Crippen molar-refractivity contribution in [3.05, 3.63) is 11.9 Å². The Kier molecular flexibility index (Phi) is 3.75. The largest absolute Gasteiger partial charge is 0.396 e. The summed E-state index contributed by atoms with van der Waals surface area (Å²) in [4.78, 5) is 4.87. The van der Waals surface area contributed by atoms with Crippen molar-refractivity contribution in [2.24, 2.45) is 5.92 Å². The van der Waals surface area contributed by atoms with Gasteiger partial charge in [0.2, 0.25) is 0 Å². The third kappa shape index (κ3) is 3.28. The van der Waals surface area contributed by atoms with E-state index in [1.165, 1.54) is 25.0 Å². The highest BCUT2D eigenvalue weighted by Crippen LogP contribution is 2.33. The summed E-state index contributed by atoms with van der Waals surface area (Å²) in [7, 11) is 2.19.